The van der Waals surface area contributed by atoms with Gasteiger partial charge in [0.1, 0.15) is 24.4 Å². The molecule has 0 aliphatic carbocycles. The van der Waals surface area contributed by atoms with Crippen molar-refractivity contribution < 1.29 is 101 Å². The molecule has 0 radical (unpaired) electrons. The third-order valence-electron chi connectivity index (χ3n) is 7.28. The van der Waals surface area contributed by atoms with Gasteiger partial charge in [-0.05, 0) is 12.8 Å². The Morgan fingerprint density at radius 1 is 0.681 bits per heavy atom. The van der Waals surface area contributed by atoms with Crippen molar-refractivity contribution in [3.8, 4) is 0 Å². The predicted octanol–water partition coefficient (Wildman–Crippen LogP) is 5.95. The summed E-state index contributed by atoms with van der Waals surface area (Å²) in [6.07, 6.45) is -20.8. The van der Waals surface area contributed by atoms with Crippen LogP contribution in [0.3, 0.4) is 0 Å². The van der Waals surface area contributed by atoms with E-state index in [1.54, 1.807) is 0 Å². The zero-order chi connectivity index (χ0) is 36.9. The minimum atomic E-state index is -8.07. The number of phosphoric acid groups is 1. The van der Waals surface area contributed by atoms with Gasteiger partial charge >= 0.3 is 43.6 Å². The van der Waals surface area contributed by atoms with Crippen LogP contribution >= 0.6 is 7.82 Å². The summed E-state index contributed by atoms with van der Waals surface area (Å²) in [6, 6.07) is 0. The van der Waals surface area contributed by atoms with E-state index in [1.807, 2.05) is 6.92 Å². The van der Waals surface area contributed by atoms with E-state index in [0.717, 1.165) is 19.3 Å². The molecule has 23 heteroatoms. The highest BCUT2D eigenvalue weighted by Crippen LogP contribution is 2.61. The molecule has 5 N–H and O–H groups in total. The summed E-state index contributed by atoms with van der Waals surface area (Å²) < 4.78 is 201. The van der Waals surface area contributed by atoms with E-state index < -0.39 is 106 Å². The van der Waals surface area contributed by atoms with Crippen molar-refractivity contribution in [2.45, 2.75) is 144 Å². The minimum absolute atomic E-state index is 0.0640. The molecule has 1 fully saturated rings. The number of hydrogen-bond donors (Lipinski definition) is 5. The molecule has 2 unspecified atom stereocenters. The van der Waals surface area contributed by atoms with Gasteiger partial charge in [0.05, 0.1) is 12.7 Å². The van der Waals surface area contributed by atoms with Crippen LogP contribution in [0.4, 0.5) is 57.1 Å². The van der Waals surface area contributed by atoms with Gasteiger partial charge in [-0.2, -0.15) is 57.1 Å². The number of aliphatic hydroxyl groups excluding tert-OH is 4. The molecule has 0 aromatic rings. The van der Waals surface area contributed by atoms with Crippen LogP contribution in [0.5, 0.6) is 0 Å². The van der Waals surface area contributed by atoms with E-state index in [4.69, 9.17) is 0 Å². The Morgan fingerprint density at radius 2 is 1.17 bits per heavy atom. The fourth-order valence-corrected chi connectivity index (χ4v) is 5.32. The first-order valence-corrected chi connectivity index (χ1v) is 15.6. The van der Waals surface area contributed by atoms with Crippen LogP contribution in [0.2, 0.25) is 0 Å². The van der Waals surface area contributed by atoms with Gasteiger partial charge in [0.15, 0.2) is 6.29 Å². The summed E-state index contributed by atoms with van der Waals surface area (Å²) in [5, 5.41) is 38.5. The molecule has 0 amide bonds. The van der Waals surface area contributed by atoms with Crippen molar-refractivity contribution in [3.05, 3.63) is 0 Å². The number of ether oxygens (including phenoxy) is 1. The van der Waals surface area contributed by atoms with Crippen LogP contribution < -0.4 is 0 Å². The molecule has 9 nitrogen and oxygen atoms in total. The molecule has 0 spiro atoms. The summed E-state index contributed by atoms with van der Waals surface area (Å²) in [6.45, 7) is 0.687. The number of hydrogen-bond acceptors (Lipinski definition) is 8. The van der Waals surface area contributed by atoms with Gasteiger partial charge in [0, 0.05) is 6.42 Å². The predicted molar refractivity (Wildman–Crippen MR) is 132 cm³/mol. The van der Waals surface area contributed by atoms with Crippen LogP contribution in [0, 0.1) is 0 Å². The van der Waals surface area contributed by atoms with E-state index in [-0.39, 0.29) is 12.8 Å². The van der Waals surface area contributed by atoms with Crippen LogP contribution in [0.15, 0.2) is 0 Å². The van der Waals surface area contributed by atoms with Gasteiger partial charge in [0.2, 0.25) is 0 Å². The van der Waals surface area contributed by atoms with Crippen molar-refractivity contribution in [1.29, 1.82) is 0 Å². The second-order valence-corrected chi connectivity index (χ2v) is 12.4. The van der Waals surface area contributed by atoms with Gasteiger partial charge < -0.3 is 30.1 Å². The maximum absolute atomic E-state index is 14.4. The Bertz CT molecular complexity index is 1020. The maximum Gasteiger partial charge on any atom is 0.472 e. The molecular weight excluding hydrogens is 710 g/mol. The van der Waals surface area contributed by atoms with Crippen molar-refractivity contribution >= 4 is 7.82 Å². The van der Waals surface area contributed by atoms with Gasteiger partial charge in [0.25, 0.3) is 0 Å². The molecule has 282 valence electrons. The van der Waals surface area contributed by atoms with Crippen LogP contribution in [0.25, 0.3) is 0 Å². The van der Waals surface area contributed by atoms with Gasteiger partial charge in [-0.3, -0.25) is 9.05 Å². The monoisotopic (exact) mass is 746 g/mol. The standard InChI is InChI=1S/C24H36F13O9P/c1-2-3-4-5-6-7-8-9-13(46-47(42,43)44-12-14-15(38)16(39)17(40)18(41)45-14)10-11-19(25,26)20(27,28)21(29,30)22(31,32)23(33,34)24(35,36)37/h13-18,38-41H,2-12H2,1H3,(H,42,43)/t13?,14-,15+,16+,17-,18+/m1/s1. The Labute approximate surface area is 259 Å². The molecule has 7 atom stereocenters. The molecule has 0 saturated carbocycles. The maximum atomic E-state index is 14.4. The van der Waals surface area contributed by atoms with Crippen molar-refractivity contribution in [3.63, 3.8) is 0 Å². The number of halogens is 13. The third-order valence-corrected chi connectivity index (χ3v) is 8.32. The number of aliphatic hydroxyl groups is 4. The van der Waals surface area contributed by atoms with Crippen molar-refractivity contribution in [2.75, 3.05) is 6.61 Å². The molecule has 1 saturated heterocycles. The third kappa shape index (κ3) is 10.3. The van der Waals surface area contributed by atoms with Gasteiger partial charge in [-0.15, -0.1) is 0 Å². The summed E-state index contributed by atoms with van der Waals surface area (Å²) in [5.41, 5.74) is 0. The zero-order valence-corrected chi connectivity index (χ0v) is 25.4. The Hall–Kier alpha value is -1.00. The molecule has 0 aromatic carbocycles. The molecule has 1 rings (SSSR count). The first kappa shape index (κ1) is 44.0. The lowest BCUT2D eigenvalue weighted by molar-refractivity contribution is -0.440. The molecule has 0 aromatic heterocycles. The summed E-state index contributed by atoms with van der Waals surface area (Å²) in [4.78, 5) is 10.0. The van der Waals surface area contributed by atoms with E-state index in [1.165, 1.54) is 0 Å². The Kier molecular flexibility index (Phi) is 15.3. The number of phosphoric ester groups is 1. The Morgan fingerprint density at radius 3 is 1.68 bits per heavy atom. The first-order chi connectivity index (χ1) is 21.1. The van der Waals surface area contributed by atoms with Gasteiger partial charge in [-0.1, -0.05) is 51.9 Å². The molecule has 0 bridgehead atoms. The zero-order valence-electron chi connectivity index (χ0n) is 24.5. The number of rotatable bonds is 20. The van der Waals surface area contributed by atoms with E-state index in [9.17, 15) is 87.0 Å². The SMILES string of the molecule is CCCCCCCCCC(CCC(F)(F)C(F)(F)C(F)(F)C(F)(F)C(F)(F)C(F)(F)F)OP(=O)(O)OC[C@H]1O[C@H](O)[C@H](O)[C@@H](O)[C@H]1O. The lowest BCUT2D eigenvalue weighted by atomic mass is 9.91. The summed E-state index contributed by atoms with van der Waals surface area (Å²) in [7, 11) is -5.53. The molecular formula is C24H36F13O9P. The van der Waals surface area contributed by atoms with E-state index in [2.05, 4.69) is 13.8 Å². The van der Waals surface area contributed by atoms with Crippen LogP contribution in [0.1, 0.15) is 71.1 Å². The number of unbranched alkanes of at least 4 members (excludes halogenated alkanes) is 6. The first-order valence-electron chi connectivity index (χ1n) is 14.1. The largest absolute Gasteiger partial charge is 0.472 e. The highest BCUT2D eigenvalue weighted by atomic mass is 31.2. The quantitative estimate of drug-likeness (QED) is 0.0580. The fraction of sp³-hybridized carbons (Fsp3) is 1.00. The lowest BCUT2D eigenvalue weighted by Gasteiger charge is -2.40. The molecule has 1 aliphatic heterocycles. The van der Waals surface area contributed by atoms with E-state index in [0.29, 0.717) is 12.8 Å². The fourth-order valence-electron chi connectivity index (χ4n) is 4.34. The number of alkyl halides is 13. The molecule has 47 heavy (non-hydrogen) atoms. The summed E-state index contributed by atoms with van der Waals surface area (Å²) >= 11 is 0. The smallest absolute Gasteiger partial charge is 0.387 e. The molecule has 1 aliphatic rings. The normalized spacial score (nSPS) is 25.9. The van der Waals surface area contributed by atoms with Crippen molar-refractivity contribution in [2.24, 2.45) is 0 Å². The average molecular weight is 746 g/mol. The second-order valence-electron chi connectivity index (χ2n) is 11.0. The van der Waals surface area contributed by atoms with Crippen LogP contribution in [-0.4, -0.2) is 105 Å². The second kappa shape index (κ2) is 16.3. The summed E-state index contributed by atoms with van der Waals surface area (Å²) in [5.74, 6) is -37.9. The highest BCUT2D eigenvalue weighted by Gasteiger charge is 2.90. The van der Waals surface area contributed by atoms with Crippen LogP contribution in [-0.2, 0) is 18.3 Å². The average Bonchev–Trinajstić information content (AvgIpc) is 2.94. The minimum Gasteiger partial charge on any atom is -0.387 e. The lowest BCUT2D eigenvalue weighted by Crippen LogP contribution is -2.70. The highest BCUT2D eigenvalue weighted by molar-refractivity contribution is 7.47. The Balaban J connectivity index is 3.14. The van der Waals surface area contributed by atoms with E-state index >= 15 is 0 Å². The topological polar surface area (TPSA) is 146 Å². The molecule has 1 heterocycles. The van der Waals surface area contributed by atoms with Gasteiger partial charge in [-0.25, -0.2) is 4.57 Å². The van der Waals surface area contributed by atoms with Crippen molar-refractivity contribution in [1.82, 2.24) is 0 Å².